The molecule has 0 radical (unpaired) electrons. The van der Waals surface area contributed by atoms with Crippen LogP contribution in [-0.4, -0.2) is 37.7 Å². The summed E-state index contributed by atoms with van der Waals surface area (Å²) in [7, 11) is 0. The van der Waals surface area contributed by atoms with Gasteiger partial charge in [-0.1, -0.05) is 44.2 Å². The molecule has 1 N–H and O–H groups in total. The van der Waals surface area contributed by atoms with Gasteiger partial charge in [0, 0.05) is 6.54 Å². The fourth-order valence-electron chi connectivity index (χ4n) is 3.18. The van der Waals surface area contributed by atoms with Crippen molar-refractivity contribution in [3.8, 4) is 11.5 Å². The van der Waals surface area contributed by atoms with E-state index >= 15 is 0 Å². The van der Waals surface area contributed by atoms with Crippen molar-refractivity contribution < 1.29 is 9.47 Å². The van der Waals surface area contributed by atoms with Gasteiger partial charge in [0.25, 0.3) is 0 Å². The summed E-state index contributed by atoms with van der Waals surface area (Å²) in [6.45, 7) is 15.0. The molecule has 0 bridgehead atoms. The highest BCUT2D eigenvalue weighted by molar-refractivity contribution is 5.43. The molecule has 2 rings (SSSR count). The molecule has 0 unspecified atom stereocenters. The summed E-state index contributed by atoms with van der Waals surface area (Å²) in [5.41, 5.74) is 3.66. The third-order valence-corrected chi connectivity index (χ3v) is 5.00. The number of hydrogen-bond acceptors (Lipinski definition) is 4. The molecule has 0 aliphatic carbocycles. The molecule has 0 aliphatic heterocycles. The van der Waals surface area contributed by atoms with E-state index in [9.17, 15) is 0 Å². The van der Waals surface area contributed by atoms with E-state index in [0.29, 0.717) is 13.2 Å². The Hall–Kier alpha value is -2.04. The number of rotatable bonds is 13. The predicted octanol–water partition coefficient (Wildman–Crippen LogP) is 4.79. The van der Waals surface area contributed by atoms with Crippen LogP contribution in [0.1, 0.15) is 43.9 Å². The first kappa shape index (κ1) is 22.3. The molecule has 4 nitrogen and oxygen atoms in total. The summed E-state index contributed by atoms with van der Waals surface area (Å²) in [4.78, 5) is 2.45. The monoisotopic (exact) mass is 384 g/mol. The van der Waals surface area contributed by atoms with Crippen molar-refractivity contribution in [3.05, 3.63) is 59.2 Å². The van der Waals surface area contributed by atoms with Gasteiger partial charge in [0.2, 0.25) is 0 Å². The van der Waals surface area contributed by atoms with E-state index in [2.05, 4.69) is 55.3 Å². The Balaban J connectivity index is 1.88. The zero-order valence-corrected chi connectivity index (χ0v) is 18.0. The second-order valence-electron chi connectivity index (χ2n) is 6.99. The van der Waals surface area contributed by atoms with E-state index < -0.39 is 0 Å². The van der Waals surface area contributed by atoms with Gasteiger partial charge >= 0.3 is 0 Å². The highest BCUT2D eigenvalue weighted by atomic mass is 16.5. The first-order valence-corrected chi connectivity index (χ1v) is 10.5. The van der Waals surface area contributed by atoms with Gasteiger partial charge in [-0.05, 0) is 75.3 Å². The zero-order valence-electron chi connectivity index (χ0n) is 18.0. The summed E-state index contributed by atoms with van der Waals surface area (Å²) in [6, 6.07) is 14.5. The maximum absolute atomic E-state index is 6.05. The summed E-state index contributed by atoms with van der Waals surface area (Å²) < 4.78 is 11.9. The van der Waals surface area contributed by atoms with Crippen molar-refractivity contribution in [1.82, 2.24) is 10.2 Å². The lowest BCUT2D eigenvalue weighted by molar-refractivity contribution is 0.268. The number of nitrogens with one attached hydrogen (secondary N) is 1. The summed E-state index contributed by atoms with van der Waals surface area (Å²) in [6.07, 6.45) is 1.16. The quantitative estimate of drug-likeness (QED) is 0.503. The Morgan fingerprint density at radius 1 is 0.929 bits per heavy atom. The lowest BCUT2D eigenvalue weighted by atomic mass is 10.1. The molecule has 28 heavy (non-hydrogen) atoms. The van der Waals surface area contributed by atoms with Crippen LogP contribution in [-0.2, 0) is 13.2 Å². The molecule has 0 aliphatic rings. The van der Waals surface area contributed by atoms with Gasteiger partial charge in [-0.15, -0.1) is 0 Å². The Kier molecular flexibility index (Phi) is 9.87. The molecule has 154 valence electrons. The Morgan fingerprint density at radius 2 is 1.71 bits per heavy atom. The topological polar surface area (TPSA) is 33.7 Å². The van der Waals surface area contributed by atoms with Crippen LogP contribution in [0.25, 0.3) is 0 Å². The molecule has 0 aromatic heterocycles. The largest absolute Gasteiger partial charge is 0.490 e. The van der Waals surface area contributed by atoms with E-state index in [4.69, 9.17) is 9.47 Å². The second kappa shape index (κ2) is 12.4. The van der Waals surface area contributed by atoms with Crippen LogP contribution in [0.15, 0.2) is 42.5 Å². The smallest absolute Gasteiger partial charge is 0.161 e. The number of benzene rings is 2. The molecule has 0 saturated carbocycles. The molecule has 4 heteroatoms. The van der Waals surface area contributed by atoms with E-state index in [0.717, 1.165) is 50.6 Å². The Bertz CT molecular complexity index is 699. The first-order valence-electron chi connectivity index (χ1n) is 10.5. The highest BCUT2D eigenvalue weighted by Crippen LogP contribution is 2.29. The number of ether oxygens (including phenoxy) is 2. The fraction of sp³-hybridized carbons (Fsp3) is 0.500. The van der Waals surface area contributed by atoms with Crippen molar-refractivity contribution in [2.75, 3.05) is 32.8 Å². The lowest BCUT2D eigenvalue weighted by Crippen LogP contribution is -2.27. The van der Waals surface area contributed by atoms with E-state index in [1.165, 1.54) is 16.7 Å². The minimum Gasteiger partial charge on any atom is -0.490 e. The van der Waals surface area contributed by atoms with Gasteiger partial charge in [-0.2, -0.15) is 0 Å². The van der Waals surface area contributed by atoms with Crippen LogP contribution in [0.4, 0.5) is 0 Å². The molecule has 0 amide bonds. The molecule has 0 saturated heterocycles. The maximum Gasteiger partial charge on any atom is 0.161 e. The number of nitrogens with zero attached hydrogens (tertiary/aromatic N) is 1. The molecular formula is C24H36N2O2. The molecular weight excluding hydrogens is 348 g/mol. The fourth-order valence-corrected chi connectivity index (χ4v) is 3.18. The standard InChI is InChI=1S/C24H36N2O2/c1-5-26(6-2)16-10-15-25-18-21-13-14-23(24(17-21)27-7-3)28-19-22-12-9-8-11-20(22)4/h8-9,11-14,17,25H,5-7,10,15-16,18-19H2,1-4H3. The van der Waals surface area contributed by atoms with Crippen LogP contribution in [0.2, 0.25) is 0 Å². The van der Waals surface area contributed by atoms with Crippen molar-refractivity contribution in [2.24, 2.45) is 0 Å². The average Bonchev–Trinajstić information content (AvgIpc) is 2.71. The van der Waals surface area contributed by atoms with Crippen LogP contribution in [0.5, 0.6) is 11.5 Å². The molecule has 0 heterocycles. The average molecular weight is 385 g/mol. The number of hydrogen-bond donors (Lipinski definition) is 1. The predicted molar refractivity (Wildman–Crippen MR) is 117 cm³/mol. The van der Waals surface area contributed by atoms with E-state index in [1.807, 2.05) is 25.1 Å². The van der Waals surface area contributed by atoms with Crippen LogP contribution >= 0.6 is 0 Å². The third kappa shape index (κ3) is 7.17. The first-order chi connectivity index (χ1) is 13.7. The molecule has 2 aromatic carbocycles. The maximum atomic E-state index is 6.05. The van der Waals surface area contributed by atoms with Gasteiger partial charge in [0.05, 0.1) is 6.61 Å². The van der Waals surface area contributed by atoms with Gasteiger partial charge in [0.1, 0.15) is 6.61 Å². The van der Waals surface area contributed by atoms with Crippen LogP contribution < -0.4 is 14.8 Å². The second-order valence-corrected chi connectivity index (χ2v) is 6.99. The third-order valence-electron chi connectivity index (χ3n) is 5.00. The Labute approximate surface area is 170 Å². The Morgan fingerprint density at radius 3 is 2.43 bits per heavy atom. The normalized spacial score (nSPS) is 11.0. The van der Waals surface area contributed by atoms with E-state index in [1.54, 1.807) is 0 Å². The summed E-state index contributed by atoms with van der Waals surface area (Å²) >= 11 is 0. The van der Waals surface area contributed by atoms with Gasteiger partial charge in [-0.25, -0.2) is 0 Å². The molecule has 2 aromatic rings. The van der Waals surface area contributed by atoms with Crippen molar-refractivity contribution in [1.29, 1.82) is 0 Å². The van der Waals surface area contributed by atoms with Crippen molar-refractivity contribution in [2.45, 2.75) is 47.3 Å². The van der Waals surface area contributed by atoms with Crippen LogP contribution in [0, 0.1) is 6.92 Å². The van der Waals surface area contributed by atoms with Crippen LogP contribution in [0.3, 0.4) is 0 Å². The lowest BCUT2D eigenvalue weighted by Gasteiger charge is -2.18. The van der Waals surface area contributed by atoms with Gasteiger partial charge in [-0.3, -0.25) is 0 Å². The summed E-state index contributed by atoms with van der Waals surface area (Å²) in [5.74, 6) is 1.62. The molecule has 0 spiro atoms. The minimum atomic E-state index is 0.551. The van der Waals surface area contributed by atoms with E-state index in [-0.39, 0.29) is 0 Å². The van der Waals surface area contributed by atoms with Gasteiger partial charge < -0.3 is 19.7 Å². The molecule has 0 atom stereocenters. The van der Waals surface area contributed by atoms with Gasteiger partial charge in [0.15, 0.2) is 11.5 Å². The van der Waals surface area contributed by atoms with Crippen molar-refractivity contribution >= 4 is 0 Å². The highest BCUT2D eigenvalue weighted by Gasteiger charge is 2.08. The summed E-state index contributed by atoms with van der Waals surface area (Å²) in [5, 5.41) is 3.54. The zero-order chi connectivity index (χ0) is 20.2. The number of aryl methyl sites for hydroxylation is 1. The molecule has 0 fully saturated rings. The van der Waals surface area contributed by atoms with Crippen molar-refractivity contribution in [3.63, 3.8) is 0 Å². The SMILES string of the molecule is CCOc1cc(CNCCCN(CC)CC)ccc1OCc1ccccc1C. The minimum absolute atomic E-state index is 0.551.